The van der Waals surface area contributed by atoms with E-state index in [9.17, 15) is 9.59 Å². The van der Waals surface area contributed by atoms with Gasteiger partial charge in [0.1, 0.15) is 6.10 Å². The summed E-state index contributed by atoms with van der Waals surface area (Å²) in [4.78, 5) is 23.7. The van der Waals surface area contributed by atoms with Crippen molar-refractivity contribution in [3.8, 4) is 0 Å². The van der Waals surface area contributed by atoms with Gasteiger partial charge in [-0.3, -0.25) is 9.59 Å². The summed E-state index contributed by atoms with van der Waals surface area (Å²) in [6, 6.07) is 1.77. The number of hydrogen-bond acceptors (Lipinski definition) is 4. The Kier molecular flexibility index (Phi) is 4.03. The van der Waals surface area contributed by atoms with Crippen molar-refractivity contribution in [2.45, 2.75) is 20.0 Å². The second-order valence-electron chi connectivity index (χ2n) is 3.48. The van der Waals surface area contributed by atoms with Crippen molar-refractivity contribution in [3.63, 3.8) is 0 Å². The molecule has 0 bridgehead atoms. The summed E-state index contributed by atoms with van der Waals surface area (Å²) in [6.07, 6.45) is -1.34. The number of thiophene rings is 1. The first-order valence-electron chi connectivity index (χ1n) is 4.74. The van der Waals surface area contributed by atoms with E-state index < -0.39 is 12.0 Å². The first-order valence-corrected chi connectivity index (χ1v) is 5.56. The minimum atomic E-state index is -1.34. The second-order valence-corrected chi connectivity index (χ2v) is 4.73. The van der Waals surface area contributed by atoms with E-state index in [0.717, 1.165) is 10.4 Å². The molecule has 0 radical (unpaired) electrons. The summed E-state index contributed by atoms with van der Waals surface area (Å²) in [5.74, 6) is -1.15. The normalized spacial score (nSPS) is 12.2. The average Bonchev–Trinajstić information content (AvgIpc) is 2.55. The second kappa shape index (κ2) is 5.09. The Hall–Kier alpha value is -1.40. The van der Waals surface area contributed by atoms with Gasteiger partial charge in [-0.25, -0.2) is 0 Å². The van der Waals surface area contributed by atoms with Gasteiger partial charge in [0.2, 0.25) is 5.91 Å². The first kappa shape index (κ1) is 12.7. The number of rotatable bonds is 4. The monoisotopic (exact) mass is 242 g/mol. The lowest BCUT2D eigenvalue weighted by molar-refractivity contribution is -0.125. The highest BCUT2D eigenvalue weighted by Gasteiger charge is 2.14. The predicted octanol–water partition coefficient (Wildman–Crippen LogP) is -0.0591. The average molecular weight is 242 g/mol. The molecular formula is C10H14N2O3S. The van der Waals surface area contributed by atoms with E-state index in [4.69, 9.17) is 10.8 Å². The number of primary amides is 1. The molecule has 0 aromatic carbocycles. The number of nitrogens with two attached hydrogens (primary N) is 1. The molecule has 1 aromatic rings. The molecular weight excluding hydrogens is 228 g/mol. The van der Waals surface area contributed by atoms with Crippen LogP contribution < -0.4 is 11.1 Å². The van der Waals surface area contributed by atoms with E-state index in [-0.39, 0.29) is 12.5 Å². The van der Waals surface area contributed by atoms with Crippen LogP contribution in [0.2, 0.25) is 0 Å². The van der Waals surface area contributed by atoms with Crippen molar-refractivity contribution in [2.24, 2.45) is 5.73 Å². The van der Waals surface area contributed by atoms with Crippen LogP contribution in [-0.4, -0.2) is 29.6 Å². The minimum Gasteiger partial charge on any atom is -0.381 e. The Morgan fingerprint density at radius 3 is 2.62 bits per heavy atom. The van der Waals surface area contributed by atoms with Crippen LogP contribution >= 0.6 is 11.3 Å². The van der Waals surface area contributed by atoms with Crippen LogP contribution in [0.15, 0.2) is 6.07 Å². The molecule has 5 nitrogen and oxygen atoms in total. The number of aliphatic hydroxyl groups excluding tert-OH is 1. The number of aryl methyl sites for hydroxylation is 2. The van der Waals surface area contributed by atoms with Crippen LogP contribution in [0.4, 0.5) is 0 Å². The minimum absolute atomic E-state index is 0.163. The molecule has 1 rings (SSSR count). The van der Waals surface area contributed by atoms with Gasteiger partial charge in [0.15, 0.2) is 0 Å². The molecule has 1 atom stereocenters. The van der Waals surface area contributed by atoms with Crippen molar-refractivity contribution in [1.29, 1.82) is 0 Å². The maximum Gasteiger partial charge on any atom is 0.261 e. The zero-order valence-corrected chi connectivity index (χ0v) is 9.93. The van der Waals surface area contributed by atoms with Gasteiger partial charge in [-0.2, -0.15) is 0 Å². The summed E-state index contributed by atoms with van der Waals surface area (Å²) < 4.78 is 0. The Labute approximate surface area is 97.3 Å². The summed E-state index contributed by atoms with van der Waals surface area (Å²) in [5, 5.41) is 11.5. The third-order valence-electron chi connectivity index (χ3n) is 2.17. The summed E-state index contributed by atoms with van der Waals surface area (Å²) in [6.45, 7) is 3.68. The summed E-state index contributed by atoms with van der Waals surface area (Å²) in [7, 11) is 0. The zero-order valence-electron chi connectivity index (χ0n) is 9.11. The van der Waals surface area contributed by atoms with Gasteiger partial charge in [0, 0.05) is 4.88 Å². The lowest BCUT2D eigenvalue weighted by Gasteiger charge is -2.06. The van der Waals surface area contributed by atoms with Gasteiger partial charge < -0.3 is 16.2 Å². The quantitative estimate of drug-likeness (QED) is 0.690. The molecule has 1 heterocycles. The van der Waals surface area contributed by atoms with E-state index >= 15 is 0 Å². The SMILES string of the molecule is Cc1cc(C(=O)NCC(O)C(N)=O)sc1C. The van der Waals surface area contributed by atoms with Crippen molar-refractivity contribution in [2.75, 3.05) is 6.54 Å². The van der Waals surface area contributed by atoms with Crippen LogP contribution in [-0.2, 0) is 4.79 Å². The topological polar surface area (TPSA) is 92.4 Å². The van der Waals surface area contributed by atoms with Crippen molar-refractivity contribution in [1.82, 2.24) is 5.32 Å². The van der Waals surface area contributed by atoms with Crippen LogP contribution in [0.1, 0.15) is 20.1 Å². The van der Waals surface area contributed by atoms with Gasteiger partial charge >= 0.3 is 0 Å². The number of carbonyl (C=O) groups is 2. The van der Waals surface area contributed by atoms with E-state index in [1.165, 1.54) is 11.3 Å². The van der Waals surface area contributed by atoms with Gasteiger partial charge in [-0.15, -0.1) is 11.3 Å². The Morgan fingerprint density at radius 2 is 2.19 bits per heavy atom. The predicted molar refractivity (Wildman–Crippen MR) is 61.3 cm³/mol. The number of carbonyl (C=O) groups excluding carboxylic acids is 2. The zero-order chi connectivity index (χ0) is 12.3. The molecule has 0 saturated carbocycles. The van der Waals surface area contributed by atoms with Crippen molar-refractivity contribution in [3.05, 3.63) is 21.4 Å². The molecule has 0 aliphatic carbocycles. The molecule has 6 heteroatoms. The lowest BCUT2D eigenvalue weighted by atomic mass is 10.3. The van der Waals surface area contributed by atoms with E-state index in [1.807, 2.05) is 13.8 Å². The number of aliphatic hydroxyl groups is 1. The first-order chi connectivity index (χ1) is 7.41. The molecule has 88 valence electrons. The van der Waals surface area contributed by atoms with E-state index in [2.05, 4.69) is 5.32 Å². The smallest absolute Gasteiger partial charge is 0.261 e. The van der Waals surface area contributed by atoms with Crippen LogP contribution in [0, 0.1) is 13.8 Å². The Balaban J connectivity index is 2.56. The fourth-order valence-electron chi connectivity index (χ4n) is 1.06. The molecule has 0 aliphatic rings. The molecule has 0 spiro atoms. The summed E-state index contributed by atoms with van der Waals surface area (Å²) in [5.41, 5.74) is 5.90. The molecule has 2 amide bonds. The molecule has 1 unspecified atom stereocenters. The van der Waals surface area contributed by atoms with E-state index in [1.54, 1.807) is 6.07 Å². The van der Waals surface area contributed by atoms with Crippen LogP contribution in [0.3, 0.4) is 0 Å². The summed E-state index contributed by atoms with van der Waals surface area (Å²) >= 11 is 1.37. The Morgan fingerprint density at radius 1 is 1.56 bits per heavy atom. The molecule has 16 heavy (non-hydrogen) atoms. The standard InChI is InChI=1S/C10H14N2O3S/c1-5-3-8(16-6(5)2)10(15)12-4-7(13)9(11)14/h3,7,13H,4H2,1-2H3,(H2,11,14)(H,12,15). The Bertz CT molecular complexity index is 395. The van der Waals surface area contributed by atoms with Gasteiger partial charge in [0.05, 0.1) is 11.4 Å². The maximum absolute atomic E-state index is 11.6. The fourth-order valence-corrected chi connectivity index (χ4v) is 2.01. The molecule has 1 aromatic heterocycles. The molecule has 4 N–H and O–H groups in total. The molecule has 0 aliphatic heterocycles. The third kappa shape index (κ3) is 3.04. The lowest BCUT2D eigenvalue weighted by Crippen LogP contribution is -2.39. The maximum atomic E-state index is 11.6. The van der Waals surface area contributed by atoms with Gasteiger partial charge in [0.25, 0.3) is 5.91 Å². The van der Waals surface area contributed by atoms with Gasteiger partial charge in [-0.1, -0.05) is 0 Å². The molecule has 0 fully saturated rings. The highest BCUT2D eigenvalue weighted by molar-refractivity contribution is 7.14. The van der Waals surface area contributed by atoms with Crippen molar-refractivity contribution >= 4 is 23.2 Å². The largest absolute Gasteiger partial charge is 0.381 e. The fraction of sp³-hybridized carbons (Fsp3) is 0.400. The molecule has 0 saturated heterocycles. The van der Waals surface area contributed by atoms with E-state index in [0.29, 0.717) is 4.88 Å². The highest BCUT2D eigenvalue weighted by atomic mass is 32.1. The number of amides is 2. The van der Waals surface area contributed by atoms with Crippen molar-refractivity contribution < 1.29 is 14.7 Å². The number of nitrogens with one attached hydrogen (secondary N) is 1. The van der Waals surface area contributed by atoms with Crippen LogP contribution in [0.25, 0.3) is 0 Å². The number of hydrogen-bond donors (Lipinski definition) is 3. The highest BCUT2D eigenvalue weighted by Crippen LogP contribution is 2.20. The van der Waals surface area contributed by atoms with Gasteiger partial charge in [-0.05, 0) is 25.5 Å². The van der Waals surface area contributed by atoms with Crippen LogP contribution in [0.5, 0.6) is 0 Å². The third-order valence-corrected chi connectivity index (χ3v) is 3.33.